The van der Waals surface area contributed by atoms with Crippen molar-refractivity contribution in [3.05, 3.63) is 48.2 Å². The van der Waals surface area contributed by atoms with E-state index in [1.54, 1.807) is 10.7 Å². The number of aryl methyl sites for hydroxylation is 1. The van der Waals surface area contributed by atoms with Crippen LogP contribution in [0.5, 0.6) is 0 Å². The number of anilines is 1. The van der Waals surface area contributed by atoms with E-state index in [0.29, 0.717) is 5.82 Å². The maximum Gasteiger partial charge on any atom is 0.323 e. The summed E-state index contributed by atoms with van der Waals surface area (Å²) in [6.45, 7) is 4.21. The molecule has 22 heavy (non-hydrogen) atoms. The Labute approximate surface area is 130 Å². The average molecular weight is 299 g/mol. The topological polar surface area (TPSA) is 53.4 Å². The van der Waals surface area contributed by atoms with Gasteiger partial charge in [0.2, 0.25) is 0 Å². The monoisotopic (exact) mass is 299 g/mol. The molecule has 1 aromatic heterocycles. The first-order valence-corrected chi connectivity index (χ1v) is 7.52. The number of aromatic nitrogens is 2. The minimum absolute atomic E-state index is 0.0712. The lowest BCUT2D eigenvalue weighted by Gasteiger charge is -2.34. The molecule has 1 aliphatic heterocycles. The minimum Gasteiger partial charge on any atom is -0.322 e. The molecule has 1 N–H and O–H groups in total. The average Bonchev–Trinajstić information content (AvgIpc) is 2.94. The van der Waals surface area contributed by atoms with Crippen molar-refractivity contribution in [3.8, 4) is 0 Å². The quantitative estimate of drug-likeness (QED) is 0.940. The van der Waals surface area contributed by atoms with Crippen LogP contribution in [0.2, 0.25) is 0 Å². The van der Waals surface area contributed by atoms with Gasteiger partial charge in [-0.25, -0.2) is 4.79 Å². The fourth-order valence-electron chi connectivity index (χ4n) is 2.62. The zero-order valence-electron chi connectivity index (χ0n) is 12.8. The standard InChI is InChI=1S/C16H21N5O/c1-19-8-7-15(18-19)17-16(22)21-11-9-20(10-12-21)13-14-5-3-2-4-6-14/h2-8H,9-13H2,1H3,(H,17,18,22). The third-order valence-corrected chi connectivity index (χ3v) is 3.86. The molecule has 0 unspecified atom stereocenters. The van der Waals surface area contributed by atoms with Crippen LogP contribution in [0.4, 0.5) is 10.6 Å². The Morgan fingerprint density at radius 1 is 1.14 bits per heavy atom. The second-order valence-corrected chi connectivity index (χ2v) is 5.55. The zero-order valence-corrected chi connectivity index (χ0v) is 12.8. The van der Waals surface area contributed by atoms with Gasteiger partial charge in [-0.15, -0.1) is 0 Å². The van der Waals surface area contributed by atoms with Crippen molar-refractivity contribution in [2.24, 2.45) is 7.05 Å². The first kappa shape index (κ1) is 14.6. The molecule has 1 aromatic carbocycles. The van der Waals surface area contributed by atoms with Crippen molar-refractivity contribution >= 4 is 11.8 Å². The van der Waals surface area contributed by atoms with Crippen LogP contribution in [0.15, 0.2) is 42.6 Å². The second-order valence-electron chi connectivity index (χ2n) is 5.55. The van der Waals surface area contributed by atoms with E-state index >= 15 is 0 Å². The third-order valence-electron chi connectivity index (χ3n) is 3.86. The molecular formula is C16H21N5O. The molecule has 0 aliphatic carbocycles. The van der Waals surface area contributed by atoms with Crippen LogP contribution in [0.1, 0.15) is 5.56 Å². The summed E-state index contributed by atoms with van der Waals surface area (Å²) in [5.41, 5.74) is 1.31. The van der Waals surface area contributed by atoms with Gasteiger partial charge in [0.15, 0.2) is 5.82 Å². The predicted octanol–water partition coefficient (Wildman–Crippen LogP) is 1.77. The van der Waals surface area contributed by atoms with Crippen molar-refractivity contribution in [1.82, 2.24) is 19.6 Å². The van der Waals surface area contributed by atoms with E-state index in [1.165, 1.54) is 5.56 Å². The van der Waals surface area contributed by atoms with Gasteiger partial charge in [0.1, 0.15) is 0 Å². The Bertz CT molecular complexity index is 616. The van der Waals surface area contributed by atoms with E-state index in [2.05, 4.69) is 39.6 Å². The Morgan fingerprint density at radius 2 is 1.86 bits per heavy atom. The summed E-state index contributed by atoms with van der Waals surface area (Å²) in [5.74, 6) is 0.596. The second kappa shape index (κ2) is 6.62. The molecule has 0 saturated carbocycles. The lowest BCUT2D eigenvalue weighted by molar-refractivity contribution is 0.143. The highest BCUT2D eigenvalue weighted by molar-refractivity contribution is 5.88. The van der Waals surface area contributed by atoms with E-state index in [4.69, 9.17) is 0 Å². The van der Waals surface area contributed by atoms with Gasteiger partial charge in [0.05, 0.1) is 0 Å². The summed E-state index contributed by atoms with van der Waals surface area (Å²) < 4.78 is 1.67. The Balaban J connectivity index is 1.48. The number of hydrogen-bond acceptors (Lipinski definition) is 3. The maximum atomic E-state index is 12.2. The summed E-state index contributed by atoms with van der Waals surface area (Å²) in [7, 11) is 1.83. The summed E-state index contributed by atoms with van der Waals surface area (Å²) in [4.78, 5) is 16.4. The van der Waals surface area contributed by atoms with Crippen molar-refractivity contribution < 1.29 is 4.79 Å². The number of hydrogen-bond donors (Lipinski definition) is 1. The lowest BCUT2D eigenvalue weighted by Crippen LogP contribution is -2.49. The van der Waals surface area contributed by atoms with Crippen LogP contribution >= 0.6 is 0 Å². The van der Waals surface area contributed by atoms with E-state index < -0.39 is 0 Å². The molecular weight excluding hydrogens is 278 g/mol. The Hall–Kier alpha value is -2.34. The van der Waals surface area contributed by atoms with Crippen LogP contribution in [-0.2, 0) is 13.6 Å². The summed E-state index contributed by atoms with van der Waals surface area (Å²) >= 11 is 0. The van der Waals surface area contributed by atoms with Crippen LogP contribution in [0.25, 0.3) is 0 Å². The van der Waals surface area contributed by atoms with Crippen molar-refractivity contribution in [3.63, 3.8) is 0 Å². The lowest BCUT2D eigenvalue weighted by atomic mass is 10.2. The SMILES string of the molecule is Cn1ccc(NC(=O)N2CCN(Cc3ccccc3)CC2)n1. The van der Waals surface area contributed by atoms with Gasteiger partial charge in [-0.1, -0.05) is 30.3 Å². The van der Waals surface area contributed by atoms with E-state index in [9.17, 15) is 4.79 Å². The molecule has 0 bridgehead atoms. The fourth-order valence-corrected chi connectivity index (χ4v) is 2.62. The highest BCUT2D eigenvalue weighted by Crippen LogP contribution is 2.10. The molecule has 3 rings (SSSR count). The molecule has 6 nitrogen and oxygen atoms in total. The molecule has 0 atom stereocenters. The van der Waals surface area contributed by atoms with Gasteiger partial charge < -0.3 is 4.90 Å². The Morgan fingerprint density at radius 3 is 2.50 bits per heavy atom. The van der Waals surface area contributed by atoms with Gasteiger partial charge in [0.25, 0.3) is 0 Å². The number of carbonyl (C=O) groups excluding carboxylic acids is 1. The van der Waals surface area contributed by atoms with Crippen LogP contribution in [-0.4, -0.2) is 51.8 Å². The van der Waals surface area contributed by atoms with Crippen molar-refractivity contribution in [2.45, 2.75) is 6.54 Å². The molecule has 2 heterocycles. The van der Waals surface area contributed by atoms with Crippen molar-refractivity contribution in [1.29, 1.82) is 0 Å². The third kappa shape index (κ3) is 3.65. The number of rotatable bonds is 3. The van der Waals surface area contributed by atoms with Crippen LogP contribution < -0.4 is 5.32 Å². The fraction of sp³-hybridized carbons (Fsp3) is 0.375. The van der Waals surface area contributed by atoms with E-state index in [0.717, 1.165) is 32.7 Å². The maximum absolute atomic E-state index is 12.2. The molecule has 0 radical (unpaired) electrons. The molecule has 6 heteroatoms. The van der Waals surface area contributed by atoms with Crippen LogP contribution in [0.3, 0.4) is 0 Å². The number of nitrogens with zero attached hydrogens (tertiary/aromatic N) is 4. The predicted molar refractivity (Wildman–Crippen MR) is 85.5 cm³/mol. The first-order chi connectivity index (χ1) is 10.7. The normalized spacial score (nSPS) is 15.8. The number of carbonyl (C=O) groups is 1. The van der Waals surface area contributed by atoms with Gasteiger partial charge in [0, 0.05) is 52.0 Å². The number of piperazine rings is 1. The molecule has 116 valence electrons. The summed E-state index contributed by atoms with van der Waals surface area (Å²) in [6.07, 6.45) is 1.81. The van der Waals surface area contributed by atoms with E-state index in [1.807, 2.05) is 24.2 Å². The van der Waals surface area contributed by atoms with E-state index in [-0.39, 0.29) is 6.03 Å². The minimum atomic E-state index is -0.0712. The Kier molecular flexibility index (Phi) is 4.39. The van der Waals surface area contributed by atoms with Gasteiger partial charge >= 0.3 is 6.03 Å². The summed E-state index contributed by atoms with van der Waals surface area (Å²) in [5, 5.41) is 7.00. The number of nitrogens with one attached hydrogen (secondary N) is 1. The molecule has 0 spiro atoms. The first-order valence-electron chi connectivity index (χ1n) is 7.52. The van der Waals surface area contributed by atoms with Gasteiger partial charge in [-0.3, -0.25) is 14.9 Å². The van der Waals surface area contributed by atoms with Gasteiger partial charge in [-0.05, 0) is 5.56 Å². The van der Waals surface area contributed by atoms with Gasteiger partial charge in [-0.2, -0.15) is 5.10 Å². The number of amides is 2. The van der Waals surface area contributed by atoms with Crippen molar-refractivity contribution in [2.75, 3.05) is 31.5 Å². The number of benzene rings is 1. The molecule has 1 saturated heterocycles. The molecule has 2 amide bonds. The highest BCUT2D eigenvalue weighted by atomic mass is 16.2. The molecule has 1 aliphatic rings. The smallest absolute Gasteiger partial charge is 0.322 e. The summed E-state index contributed by atoms with van der Waals surface area (Å²) in [6, 6.07) is 12.2. The van der Waals surface area contributed by atoms with Crippen LogP contribution in [0, 0.1) is 0 Å². The largest absolute Gasteiger partial charge is 0.323 e. The zero-order chi connectivity index (χ0) is 15.4. The number of urea groups is 1. The highest BCUT2D eigenvalue weighted by Gasteiger charge is 2.21. The molecule has 2 aromatic rings. The molecule has 1 fully saturated rings.